The fourth-order valence-corrected chi connectivity index (χ4v) is 2.60. The van der Waals surface area contributed by atoms with Crippen molar-refractivity contribution in [2.45, 2.75) is 33.4 Å². The predicted molar refractivity (Wildman–Crippen MR) is 96.8 cm³/mol. The maximum Gasteiger partial charge on any atom is 0.137 e. The van der Waals surface area contributed by atoms with Crippen molar-refractivity contribution in [2.24, 2.45) is 0 Å². The molecule has 2 N–H and O–H groups in total. The molecular weight excluding hydrogens is 284 g/mol. The molecule has 0 saturated heterocycles. The van der Waals surface area contributed by atoms with E-state index in [1.165, 1.54) is 11.1 Å². The zero-order chi connectivity index (χ0) is 16.2. The lowest BCUT2D eigenvalue weighted by molar-refractivity contribution is 0.899. The molecule has 0 unspecified atom stereocenters. The highest BCUT2D eigenvalue weighted by Gasteiger charge is 2.04. The number of nitrogens with zero attached hydrogens (tertiary/aromatic N) is 2. The summed E-state index contributed by atoms with van der Waals surface area (Å²) >= 11 is 0. The highest BCUT2D eigenvalue weighted by Crippen LogP contribution is 2.21. The van der Waals surface area contributed by atoms with Gasteiger partial charge >= 0.3 is 0 Å². The maximum atomic E-state index is 4.40. The number of rotatable bonds is 5. The molecule has 1 aromatic heterocycles. The number of fused-ring (bicyclic) bond motifs is 1. The molecule has 0 bridgehead atoms. The Bertz CT molecular complexity index is 811. The van der Waals surface area contributed by atoms with Crippen molar-refractivity contribution in [3.05, 3.63) is 59.9 Å². The minimum absolute atomic E-state index is 0.423. The molecule has 0 amide bonds. The molecule has 0 atom stereocenters. The van der Waals surface area contributed by atoms with Gasteiger partial charge in [-0.05, 0) is 50.6 Å². The largest absolute Gasteiger partial charge is 0.383 e. The van der Waals surface area contributed by atoms with Gasteiger partial charge in [-0.2, -0.15) is 0 Å². The van der Waals surface area contributed by atoms with Crippen LogP contribution in [-0.2, 0) is 6.54 Å². The first kappa shape index (κ1) is 15.3. The second-order valence-corrected chi connectivity index (χ2v) is 6.10. The van der Waals surface area contributed by atoms with E-state index in [9.17, 15) is 0 Å². The maximum absolute atomic E-state index is 4.40. The number of hydrogen-bond acceptors (Lipinski definition) is 4. The smallest absolute Gasteiger partial charge is 0.137 e. The zero-order valence-electron chi connectivity index (χ0n) is 13.8. The lowest BCUT2D eigenvalue weighted by Gasteiger charge is -2.12. The first-order chi connectivity index (χ1) is 11.1. The van der Waals surface area contributed by atoms with Gasteiger partial charge < -0.3 is 10.6 Å². The van der Waals surface area contributed by atoms with Gasteiger partial charge in [-0.25, -0.2) is 9.97 Å². The van der Waals surface area contributed by atoms with Gasteiger partial charge in [0.15, 0.2) is 0 Å². The van der Waals surface area contributed by atoms with Gasteiger partial charge in [0.25, 0.3) is 0 Å². The predicted octanol–water partition coefficient (Wildman–Crippen LogP) is 4.37. The first-order valence-corrected chi connectivity index (χ1v) is 7.92. The number of benzene rings is 2. The molecular formula is C19H22N4. The Morgan fingerprint density at radius 2 is 1.91 bits per heavy atom. The van der Waals surface area contributed by atoms with Gasteiger partial charge in [0.05, 0.1) is 5.52 Å². The lowest BCUT2D eigenvalue weighted by atomic mass is 10.1. The Morgan fingerprint density at radius 1 is 1.04 bits per heavy atom. The summed E-state index contributed by atoms with van der Waals surface area (Å²) in [5.41, 5.74) is 4.53. The third-order valence-corrected chi connectivity index (χ3v) is 3.63. The van der Waals surface area contributed by atoms with E-state index in [4.69, 9.17) is 0 Å². The Kier molecular flexibility index (Phi) is 4.42. The molecule has 23 heavy (non-hydrogen) atoms. The molecule has 3 aromatic rings. The van der Waals surface area contributed by atoms with Gasteiger partial charge in [0.1, 0.15) is 12.1 Å². The van der Waals surface area contributed by atoms with Crippen LogP contribution in [0.2, 0.25) is 0 Å². The monoisotopic (exact) mass is 306 g/mol. The van der Waals surface area contributed by atoms with Crippen LogP contribution in [0.25, 0.3) is 10.9 Å². The molecule has 0 radical (unpaired) electrons. The summed E-state index contributed by atoms with van der Waals surface area (Å²) in [7, 11) is 0. The van der Waals surface area contributed by atoms with Crippen LogP contribution in [0.15, 0.2) is 48.8 Å². The van der Waals surface area contributed by atoms with E-state index >= 15 is 0 Å². The molecule has 2 aromatic carbocycles. The van der Waals surface area contributed by atoms with E-state index in [0.29, 0.717) is 6.04 Å². The van der Waals surface area contributed by atoms with Crippen molar-refractivity contribution in [3.63, 3.8) is 0 Å². The molecule has 0 fully saturated rings. The van der Waals surface area contributed by atoms with Crippen molar-refractivity contribution in [3.8, 4) is 0 Å². The third kappa shape index (κ3) is 3.77. The number of aryl methyl sites for hydroxylation is 1. The quantitative estimate of drug-likeness (QED) is 0.735. The van der Waals surface area contributed by atoms with Crippen LogP contribution in [0.1, 0.15) is 25.0 Å². The minimum Gasteiger partial charge on any atom is -0.383 e. The molecule has 4 nitrogen and oxygen atoms in total. The fraction of sp³-hybridized carbons (Fsp3) is 0.263. The third-order valence-electron chi connectivity index (χ3n) is 3.63. The normalized spacial score (nSPS) is 11.0. The second-order valence-electron chi connectivity index (χ2n) is 6.10. The average Bonchev–Trinajstić information content (AvgIpc) is 2.52. The van der Waals surface area contributed by atoms with E-state index in [1.807, 2.05) is 6.07 Å². The summed E-state index contributed by atoms with van der Waals surface area (Å²) in [6.07, 6.45) is 1.61. The van der Waals surface area contributed by atoms with Crippen molar-refractivity contribution >= 4 is 22.4 Å². The molecule has 0 saturated carbocycles. The van der Waals surface area contributed by atoms with Crippen molar-refractivity contribution in [2.75, 3.05) is 10.6 Å². The summed E-state index contributed by atoms with van der Waals surface area (Å²) in [6, 6.07) is 15.1. The number of hydrogen-bond donors (Lipinski definition) is 2. The van der Waals surface area contributed by atoms with Crippen LogP contribution in [0.5, 0.6) is 0 Å². The average molecular weight is 306 g/mol. The van der Waals surface area contributed by atoms with E-state index in [2.05, 4.69) is 77.8 Å². The molecule has 3 rings (SSSR count). The minimum atomic E-state index is 0.423. The first-order valence-electron chi connectivity index (χ1n) is 7.92. The zero-order valence-corrected chi connectivity index (χ0v) is 13.8. The highest BCUT2D eigenvalue weighted by atomic mass is 15.0. The molecule has 1 heterocycles. The molecule has 0 aliphatic rings. The Morgan fingerprint density at radius 3 is 2.74 bits per heavy atom. The Balaban J connectivity index is 1.80. The molecule has 0 aliphatic carbocycles. The number of aromatic nitrogens is 2. The van der Waals surface area contributed by atoms with Crippen molar-refractivity contribution < 1.29 is 0 Å². The molecule has 118 valence electrons. The van der Waals surface area contributed by atoms with Gasteiger partial charge in [-0.15, -0.1) is 0 Å². The van der Waals surface area contributed by atoms with Gasteiger partial charge in [0, 0.05) is 23.7 Å². The Hall–Kier alpha value is -2.62. The van der Waals surface area contributed by atoms with Crippen LogP contribution in [0.3, 0.4) is 0 Å². The molecule has 4 heteroatoms. The second kappa shape index (κ2) is 6.65. The molecule has 0 spiro atoms. The summed E-state index contributed by atoms with van der Waals surface area (Å²) < 4.78 is 0. The van der Waals surface area contributed by atoms with Crippen molar-refractivity contribution in [1.82, 2.24) is 9.97 Å². The van der Waals surface area contributed by atoms with E-state index < -0.39 is 0 Å². The van der Waals surface area contributed by atoms with Gasteiger partial charge in [-0.3, -0.25) is 0 Å². The number of nitrogens with one attached hydrogen (secondary N) is 2. The van der Waals surface area contributed by atoms with Gasteiger partial charge in [-0.1, -0.05) is 23.8 Å². The van der Waals surface area contributed by atoms with Crippen LogP contribution >= 0.6 is 0 Å². The summed E-state index contributed by atoms with van der Waals surface area (Å²) in [4.78, 5) is 8.72. The summed E-state index contributed by atoms with van der Waals surface area (Å²) in [6.45, 7) is 7.09. The SMILES string of the molecule is Cc1ccc2ncnc(NCc3cccc(NC(C)C)c3)c2c1. The molecule has 0 aliphatic heterocycles. The lowest BCUT2D eigenvalue weighted by Crippen LogP contribution is -2.10. The Labute approximate surface area is 137 Å². The number of anilines is 2. The summed E-state index contributed by atoms with van der Waals surface area (Å²) in [5, 5.41) is 7.92. The summed E-state index contributed by atoms with van der Waals surface area (Å²) in [5.74, 6) is 0.876. The van der Waals surface area contributed by atoms with Crippen molar-refractivity contribution in [1.29, 1.82) is 0 Å². The van der Waals surface area contributed by atoms with Crippen LogP contribution in [0, 0.1) is 6.92 Å². The van der Waals surface area contributed by atoms with Crippen LogP contribution in [-0.4, -0.2) is 16.0 Å². The highest BCUT2D eigenvalue weighted by molar-refractivity contribution is 5.89. The standard InChI is InChI=1S/C19H22N4/c1-13(2)23-16-6-4-5-15(10-16)11-20-19-17-9-14(3)7-8-18(17)21-12-22-19/h4-10,12-13,23H,11H2,1-3H3,(H,20,21,22). The topological polar surface area (TPSA) is 49.8 Å². The van der Waals surface area contributed by atoms with E-state index in [0.717, 1.165) is 29.0 Å². The van der Waals surface area contributed by atoms with E-state index in [-0.39, 0.29) is 0 Å². The van der Waals surface area contributed by atoms with Crippen LogP contribution in [0.4, 0.5) is 11.5 Å². The fourth-order valence-electron chi connectivity index (χ4n) is 2.60. The van der Waals surface area contributed by atoms with Gasteiger partial charge in [0.2, 0.25) is 0 Å². The van der Waals surface area contributed by atoms with E-state index in [1.54, 1.807) is 6.33 Å². The van der Waals surface area contributed by atoms with Crippen LogP contribution < -0.4 is 10.6 Å².